The number of benzene rings is 1. The number of hydrogen-bond acceptors (Lipinski definition) is 1. The maximum absolute atomic E-state index is 12.2. The van der Waals surface area contributed by atoms with Gasteiger partial charge >= 0.3 is 12.3 Å². The van der Waals surface area contributed by atoms with Crippen LogP contribution in [0.5, 0.6) is 0 Å². The number of amides is 1. The van der Waals surface area contributed by atoms with Gasteiger partial charge in [-0.15, -0.1) is 0 Å². The smallest absolute Gasteiger partial charge is 0.407 e. The van der Waals surface area contributed by atoms with Gasteiger partial charge in [0.15, 0.2) is 0 Å². The second-order valence-electron chi connectivity index (χ2n) is 4.03. The molecule has 6 heteroatoms. The third kappa shape index (κ3) is 2.69. The van der Waals surface area contributed by atoms with Crippen molar-refractivity contribution < 1.29 is 23.1 Å². The van der Waals surface area contributed by atoms with Gasteiger partial charge in [-0.1, -0.05) is 18.2 Å². The lowest BCUT2D eigenvalue weighted by Gasteiger charge is -2.08. The Morgan fingerprint density at radius 2 is 1.94 bits per heavy atom. The van der Waals surface area contributed by atoms with Crippen molar-refractivity contribution in [3.8, 4) is 0 Å². The number of nitrogens with zero attached hydrogens (tertiary/aromatic N) is 1. The Morgan fingerprint density at radius 3 is 2.53 bits per heavy atom. The van der Waals surface area contributed by atoms with Crippen LogP contribution in [0.4, 0.5) is 18.0 Å². The molecule has 0 unspecified atom stereocenters. The highest BCUT2D eigenvalue weighted by molar-refractivity contribution is 5.66. The van der Waals surface area contributed by atoms with E-state index < -0.39 is 18.7 Å². The fourth-order valence-electron chi connectivity index (χ4n) is 1.92. The Balaban J connectivity index is 2.18. The van der Waals surface area contributed by atoms with Gasteiger partial charge in [-0.25, -0.2) is 4.79 Å². The van der Waals surface area contributed by atoms with Crippen LogP contribution in [-0.4, -0.2) is 22.3 Å². The largest absolute Gasteiger partial charge is 0.465 e. The minimum Gasteiger partial charge on any atom is -0.465 e. The van der Waals surface area contributed by atoms with Gasteiger partial charge in [-0.05, 0) is 16.7 Å². The molecule has 92 valence electrons. The van der Waals surface area contributed by atoms with E-state index in [0.717, 1.165) is 5.56 Å². The molecule has 0 saturated carbocycles. The summed E-state index contributed by atoms with van der Waals surface area (Å²) in [6, 6.07) is 4.41. The van der Waals surface area contributed by atoms with E-state index in [1.165, 1.54) is 17.0 Å². The number of halogens is 3. The fourth-order valence-corrected chi connectivity index (χ4v) is 1.92. The summed E-state index contributed by atoms with van der Waals surface area (Å²) in [6.45, 7) is 0.410. The van der Waals surface area contributed by atoms with E-state index in [2.05, 4.69) is 0 Å². The van der Waals surface area contributed by atoms with Crippen LogP contribution in [0.25, 0.3) is 0 Å². The lowest BCUT2D eigenvalue weighted by Crippen LogP contribution is -2.22. The van der Waals surface area contributed by atoms with Crippen molar-refractivity contribution in [2.45, 2.75) is 25.7 Å². The molecule has 3 nitrogen and oxygen atoms in total. The Labute approximate surface area is 95.5 Å². The second-order valence-corrected chi connectivity index (χ2v) is 4.03. The lowest BCUT2D eigenvalue weighted by molar-refractivity contribution is -0.127. The molecular weight excluding hydrogens is 235 g/mol. The molecule has 0 aliphatic carbocycles. The highest BCUT2D eigenvalue weighted by Crippen LogP contribution is 2.27. The van der Waals surface area contributed by atoms with Crippen molar-refractivity contribution in [1.29, 1.82) is 0 Å². The van der Waals surface area contributed by atoms with Crippen LogP contribution in [0.15, 0.2) is 18.2 Å². The molecule has 1 aliphatic rings. The van der Waals surface area contributed by atoms with Gasteiger partial charge in [0, 0.05) is 13.1 Å². The minimum atomic E-state index is -4.24. The van der Waals surface area contributed by atoms with E-state index >= 15 is 0 Å². The molecule has 0 spiro atoms. The van der Waals surface area contributed by atoms with Crippen LogP contribution in [0.3, 0.4) is 0 Å². The summed E-state index contributed by atoms with van der Waals surface area (Å²) < 4.78 is 36.6. The first-order valence-electron chi connectivity index (χ1n) is 5.00. The highest BCUT2D eigenvalue weighted by Gasteiger charge is 2.29. The summed E-state index contributed by atoms with van der Waals surface area (Å²) in [5.41, 5.74) is 1.61. The number of carbonyl (C=O) groups is 1. The van der Waals surface area contributed by atoms with Crippen molar-refractivity contribution >= 4 is 6.09 Å². The second kappa shape index (κ2) is 3.94. The molecule has 1 aromatic carbocycles. The average Bonchev–Trinajstić information content (AvgIpc) is 2.57. The molecule has 0 fully saturated rings. The molecule has 1 aliphatic heterocycles. The molecule has 17 heavy (non-hydrogen) atoms. The van der Waals surface area contributed by atoms with E-state index in [4.69, 9.17) is 5.11 Å². The number of rotatable bonds is 1. The van der Waals surface area contributed by atoms with Crippen molar-refractivity contribution in [3.63, 3.8) is 0 Å². The van der Waals surface area contributed by atoms with E-state index in [1.54, 1.807) is 6.07 Å². The average molecular weight is 245 g/mol. The summed E-state index contributed by atoms with van der Waals surface area (Å²) in [7, 11) is 0. The predicted molar refractivity (Wildman–Crippen MR) is 53.5 cm³/mol. The first kappa shape index (κ1) is 11.8. The first-order valence-corrected chi connectivity index (χ1v) is 5.00. The lowest BCUT2D eigenvalue weighted by atomic mass is 10.0. The first-order chi connectivity index (χ1) is 7.85. The predicted octanol–water partition coefficient (Wildman–Crippen LogP) is 2.79. The molecule has 1 heterocycles. The molecule has 1 amide bonds. The van der Waals surface area contributed by atoms with Gasteiger partial charge < -0.3 is 5.11 Å². The summed E-state index contributed by atoms with van der Waals surface area (Å²) in [5, 5.41) is 8.79. The molecule has 0 aromatic heterocycles. The third-order valence-corrected chi connectivity index (χ3v) is 2.67. The monoisotopic (exact) mass is 245 g/mol. The molecule has 0 radical (unpaired) electrons. The minimum absolute atomic E-state index is 0.163. The normalized spacial score (nSPS) is 14.9. The molecular formula is C11H10F3NO2. The molecule has 1 N–H and O–H groups in total. The number of alkyl halides is 3. The Bertz CT molecular complexity index is 457. The van der Waals surface area contributed by atoms with E-state index in [1.807, 2.05) is 0 Å². The number of carboxylic acid groups (broad SMARTS) is 1. The molecule has 1 aromatic rings. The van der Waals surface area contributed by atoms with Crippen molar-refractivity contribution in [2.24, 2.45) is 0 Å². The maximum atomic E-state index is 12.2. The SMILES string of the molecule is O=C(O)N1Cc2ccc(CC(F)(F)F)cc2C1. The number of fused-ring (bicyclic) bond motifs is 1. The Kier molecular flexibility index (Phi) is 2.73. The fraction of sp³-hybridized carbons (Fsp3) is 0.364. The highest BCUT2D eigenvalue weighted by atomic mass is 19.4. The quantitative estimate of drug-likeness (QED) is 0.826. The summed E-state index contributed by atoms with van der Waals surface area (Å²) in [4.78, 5) is 11.9. The van der Waals surface area contributed by atoms with Crippen molar-refractivity contribution in [1.82, 2.24) is 4.90 Å². The van der Waals surface area contributed by atoms with Gasteiger partial charge in [0.1, 0.15) is 0 Å². The Morgan fingerprint density at radius 1 is 1.29 bits per heavy atom. The van der Waals surface area contributed by atoms with Crippen molar-refractivity contribution in [2.75, 3.05) is 0 Å². The van der Waals surface area contributed by atoms with Gasteiger partial charge in [0.25, 0.3) is 0 Å². The van der Waals surface area contributed by atoms with Crippen LogP contribution in [0, 0.1) is 0 Å². The van der Waals surface area contributed by atoms with Gasteiger partial charge in [0.2, 0.25) is 0 Å². The van der Waals surface area contributed by atoms with Crippen LogP contribution >= 0.6 is 0 Å². The maximum Gasteiger partial charge on any atom is 0.407 e. The van der Waals surface area contributed by atoms with Crippen LogP contribution < -0.4 is 0 Å². The summed E-state index contributed by atoms with van der Waals surface area (Å²) in [6.07, 6.45) is -6.27. The summed E-state index contributed by atoms with van der Waals surface area (Å²) in [5.74, 6) is 0. The zero-order valence-electron chi connectivity index (χ0n) is 8.79. The van der Waals surface area contributed by atoms with Crippen LogP contribution in [0.1, 0.15) is 16.7 Å². The standard InChI is InChI=1S/C11H10F3NO2/c12-11(13,14)4-7-1-2-8-5-15(10(16)17)6-9(8)3-7/h1-3H,4-6H2,(H,16,17). The zero-order chi connectivity index (χ0) is 12.6. The molecule has 2 rings (SSSR count). The van der Waals surface area contributed by atoms with E-state index in [-0.39, 0.29) is 18.7 Å². The van der Waals surface area contributed by atoms with Crippen LogP contribution in [0.2, 0.25) is 0 Å². The zero-order valence-corrected chi connectivity index (χ0v) is 8.79. The molecule has 0 saturated heterocycles. The van der Waals surface area contributed by atoms with E-state index in [9.17, 15) is 18.0 Å². The molecule has 0 atom stereocenters. The summed E-state index contributed by atoms with van der Waals surface area (Å²) >= 11 is 0. The molecule has 0 bridgehead atoms. The number of hydrogen-bond donors (Lipinski definition) is 1. The van der Waals surface area contributed by atoms with Gasteiger partial charge in [-0.2, -0.15) is 13.2 Å². The topological polar surface area (TPSA) is 40.5 Å². The third-order valence-electron chi connectivity index (χ3n) is 2.67. The van der Waals surface area contributed by atoms with Gasteiger partial charge in [0.05, 0.1) is 6.42 Å². The van der Waals surface area contributed by atoms with Gasteiger partial charge in [-0.3, -0.25) is 4.90 Å². The Hall–Kier alpha value is -1.72. The van der Waals surface area contributed by atoms with Crippen molar-refractivity contribution in [3.05, 3.63) is 34.9 Å². The van der Waals surface area contributed by atoms with E-state index in [0.29, 0.717) is 5.56 Å². The van der Waals surface area contributed by atoms with Crippen LogP contribution in [-0.2, 0) is 19.5 Å².